The minimum Gasteiger partial charge on any atom is -0.493 e. The lowest BCUT2D eigenvalue weighted by atomic mass is 10.0. The SMILES string of the molecule is COc1ccc2c(c1OC)C(=O)N1c3ccccc3C(=O)N(CCCC(=O)NCc3cccn3C)[C@H]21. The molecule has 0 unspecified atom stereocenters. The van der Waals surface area contributed by atoms with E-state index in [0.29, 0.717) is 53.4 Å². The van der Waals surface area contributed by atoms with Gasteiger partial charge in [-0.05, 0) is 36.8 Å². The van der Waals surface area contributed by atoms with Crippen molar-refractivity contribution in [2.45, 2.75) is 25.6 Å². The highest BCUT2D eigenvalue weighted by Crippen LogP contribution is 2.49. The Hall–Kier alpha value is -4.27. The molecular formula is C27H28N4O5. The number of aryl methyl sites for hydroxylation is 1. The summed E-state index contributed by atoms with van der Waals surface area (Å²) < 4.78 is 12.9. The molecule has 1 N–H and O–H groups in total. The Balaban J connectivity index is 1.40. The summed E-state index contributed by atoms with van der Waals surface area (Å²) >= 11 is 0. The van der Waals surface area contributed by atoms with Crippen LogP contribution in [0.3, 0.4) is 0 Å². The monoisotopic (exact) mass is 488 g/mol. The number of amides is 3. The molecule has 3 heterocycles. The van der Waals surface area contributed by atoms with Crippen LogP contribution < -0.4 is 19.7 Å². The Kier molecular flexibility index (Phi) is 6.13. The Morgan fingerprint density at radius 2 is 1.81 bits per heavy atom. The number of ether oxygens (including phenoxy) is 2. The third kappa shape index (κ3) is 3.77. The number of para-hydroxylation sites is 1. The summed E-state index contributed by atoms with van der Waals surface area (Å²) in [5.74, 6) is 0.277. The van der Waals surface area contributed by atoms with Crippen LogP contribution in [0, 0.1) is 0 Å². The molecule has 5 rings (SSSR count). The average Bonchev–Trinajstić information content (AvgIpc) is 3.44. The third-order valence-corrected chi connectivity index (χ3v) is 6.80. The third-order valence-electron chi connectivity index (χ3n) is 6.80. The van der Waals surface area contributed by atoms with Crippen molar-refractivity contribution in [2.24, 2.45) is 7.05 Å². The standard InChI is InChI=1S/C27H28N4O5/c1-29-14-6-8-17(29)16-28-22(32)11-7-15-30-25-19-12-13-21(35-2)24(36-3)23(19)27(34)31(25)20-10-5-4-9-18(20)26(30)33/h4-6,8-10,12-14,25H,7,11,15-16H2,1-3H3,(H,28,32)/t25-/m0/s1. The van der Waals surface area contributed by atoms with Gasteiger partial charge in [0.25, 0.3) is 11.8 Å². The number of hydrogen-bond acceptors (Lipinski definition) is 5. The van der Waals surface area contributed by atoms with Gasteiger partial charge in [0.1, 0.15) is 6.17 Å². The summed E-state index contributed by atoms with van der Waals surface area (Å²) in [6.45, 7) is 0.755. The van der Waals surface area contributed by atoms with E-state index < -0.39 is 6.17 Å². The van der Waals surface area contributed by atoms with Gasteiger partial charge in [-0.3, -0.25) is 19.3 Å². The topological polar surface area (TPSA) is 93.1 Å². The maximum atomic E-state index is 13.7. The Morgan fingerprint density at radius 3 is 2.53 bits per heavy atom. The van der Waals surface area contributed by atoms with Gasteiger partial charge in [0.2, 0.25) is 5.91 Å². The molecule has 2 aliphatic heterocycles. The molecule has 1 atom stereocenters. The van der Waals surface area contributed by atoms with Crippen LogP contribution in [0.25, 0.3) is 0 Å². The van der Waals surface area contributed by atoms with Gasteiger partial charge in [0.05, 0.1) is 37.6 Å². The van der Waals surface area contributed by atoms with Crippen molar-refractivity contribution in [1.82, 2.24) is 14.8 Å². The molecule has 0 saturated heterocycles. The number of nitrogens with zero attached hydrogens (tertiary/aromatic N) is 3. The van der Waals surface area contributed by atoms with Crippen LogP contribution in [0.2, 0.25) is 0 Å². The minimum atomic E-state index is -0.624. The molecule has 3 aromatic rings. The molecule has 0 fully saturated rings. The van der Waals surface area contributed by atoms with E-state index in [1.807, 2.05) is 36.0 Å². The first-order valence-corrected chi connectivity index (χ1v) is 11.8. The smallest absolute Gasteiger partial charge is 0.264 e. The largest absolute Gasteiger partial charge is 0.493 e. The number of hydrogen-bond donors (Lipinski definition) is 1. The van der Waals surface area contributed by atoms with Crippen LogP contribution in [0.15, 0.2) is 54.7 Å². The second-order valence-electron chi connectivity index (χ2n) is 8.82. The van der Waals surface area contributed by atoms with E-state index in [0.717, 1.165) is 5.69 Å². The van der Waals surface area contributed by atoms with Crippen LogP contribution in [0.1, 0.15) is 51.0 Å². The van der Waals surface area contributed by atoms with E-state index >= 15 is 0 Å². The van der Waals surface area contributed by atoms with Crippen LogP contribution in [0.5, 0.6) is 11.5 Å². The minimum absolute atomic E-state index is 0.0905. The Morgan fingerprint density at radius 1 is 1.00 bits per heavy atom. The molecule has 0 saturated carbocycles. The van der Waals surface area contributed by atoms with Crippen LogP contribution in [-0.4, -0.2) is 48.0 Å². The number of rotatable bonds is 8. The van der Waals surface area contributed by atoms with E-state index in [9.17, 15) is 14.4 Å². The van der Waals surface area contributed by atoms with Gasteiger partial charge in [0, 0.05) is 37.5 Å². The summed E-state index contributed by atoms with van der Waals surface area (Å²) in [4.78, 5) is 43.1. The van der Waals surface area contributed by atoms with E-state index in [-0.39, 0.29) is 24.1 Å². The number of benzene rings is 2. The molecule has 36 heavy (non-hydrogen) atoms. The molecule has 2 aliphatic rings. The molecule has 3 amide bonds. The predicted octanol–water partition coefficient (Wildman–Crippen LogP) is 3.25. The molecule has 186 valence electrons. The maximum Gasteiger partial charge on any atom is 0.264 e. The highest BCUT2D eigenvalue weighted by Gasteiger charge is 2.49. The predicted molar refractivity (Wildman–Crippen MR) is 133 cm³/mol. The van der Waals surface area contributed by atoms with Gasteiger partial charge in [-0.2, -0.15) is 0 Å². The van der Waals surface area contributed by atoms with Crippen LogP contribution in [-0.2, 0) is 18.4 Å². The molecule has 1 aromatic heterocycles. The fourth-order valence-electron chi connectivity index (χ4n) is 5.02. The number of methoxy groups -OCH3 is 2. The van der Waals surface area contributed by atoms with Crippen LogP contribution >= 0.6 is 0 Å². The van der Waals surface area contributed by atoms with E-state index in [1.54, 1.807) is 40.1 Å². The van der Waals surface area contributed by atoms with Crippen molar-refractivity contribution in [2.75, 3.05) is 25.7 Å². The Labute approximate surface area is 209 Å². The zero-order valence-corrected chi connectivity index (χ0v) is 20.5. The number of aromatic nitrogens is 1. The van der Waals surface area contributed by atoms with Gasteiger partial charge in [0.15, 0.2) is 11.5 Å². The maximum absolute atomic E-state index is 13.7. The normalized spacial score (nSPS) is 15.9. The van der Waals surface area contributed by atoms with E-state index in [2.05, 4.69) is 5.32 Å². The highest BCUT2D eigenvalue weighted by atomic mass is 16.5. The number of carbonyl (C=O) groups is 3. The van der Waals surface area contributed by atoms with E-state index in [1.165, 1.54) is 14.2 Å². The van der Waals surface area contributed by atoms with Crippen molar-refractivity contribution in [1.29, 1.82) is 0 Å². The molecule has 2 aromatic carbocycles. The zero-order chi connectivity index (χ0) is 25.4. The molecular weight excluding hydrogens is 460 g/mol. The lowest BCUT2D eigenvalue weighted by Crippen LogP contribution is -2.48. The average molecular weight is 489 g/mol. The summed E-state index contributed by atoms with van der Waals surface area (Å²) in [5.41, 5.74) is 3.08. The first-order valence-electron chi connectivity index (χ1n) is 11.8. The number of carbonyl (C=O) groups excluding carboxylic acids is 3. The van der Waals surface area contributed by atoms with Crippen molar-refractivity contribution in [3.63, 3.8) is 0 Å². The van der Waals surface area contributed by atoms with Gasteiger partial charge in [-0.25, -0.2) is 0 Å². The summed E-state index contributed by atoms with van der Waals surface area (Å²) in [5, 5.41) is 2.93. The van der Waals surface area contributed by atoms with Crippen LogP contribution in [0.4, 0.5) is 5.69 Å². The molecule has 0 spiro atoms. The first kappa shape index (κ1) is 23.5. The number of anilines is 1. The van der Waals surface area contributed by atoms with Crippen molar-refractivity contribution in [3.8, 4) is 11.5 Å². The van der Waals surface area contributed by atoms with Gasteiger partial charge in [-0.1, -0.05) is 18.2 Å². The van der Waals surface area contributed by atoms with Crippen molar-refractivity contribution < 1.29 is 23.9 Å². The molecule has 0 aliphatic carbocycles. The fourth-order valence-corrected chi connectivity index (χ4v) is 5.02. The lowest BCUT2D eigenvalue weighted by Gasteiger charge is -2.41. The van der Waals surface area contributed by atoms with Gasteiger partial charge < -0.3 is 24.3 Å². The van der Waals surface area contributed by atoms with Gasteiger partial charge >= 0.3 is 0 Å². The molecule has 9 nitrogen and oxygen atoms in total. The molecule has 0 bridgehead atoms. The summed E-state index contributed by atoms with van der Waals surface area (Å²) in [7, 11) is 4.94. The first-order chi connectivity index (χ1) is 17.5. The zero-order valence-electron chi connectivity index (χ0n) is 20.5. The number of nitrogens with one attached hydrogen (secondary N) is 1. The van der Waals surface area contributed by atoms with Crippen molar-refractivity contribution >= 4 is 23.4 Å². The fraction of sp³-hybridized carbons (Fsp3) is 0.296. The second kappa shape index (κ2) is 9.41. The summed E-state index contributed by atoms with van der Waals surface area (Å²) in [6.07, 6.45) is 2.02. The second-order valence-corrected chi connectivity index (χ2v) is 8.82. The lowest BCUT2D eigenvalue weighted by molar-refractivity contribution is -0.121. The highest BCUT2D eigenvalue weighted by molar-refractivity contribution is 6.18. The van der Waals surface area contributed by atoms with Crippen molar-refractivity contribution in [3.05, 3.63) is 77.1 Å². The van der Waals surface area contributed by atoms with E-state index in [4.69, 9.17) is 9.47 Å². The van der Waals surface area contributed by atoms with Gasteiger partial charge in [-0.15, -0.1) is 0 Å². The molecule has 0 radical (unpaired) electrons. The summed E-state index contributed by atoms with van der Waals surface area (Å²) in [6, 6.07) is 14.5. The quantitative estimate of drug-likeness (QED) is 0.526. The molecule has 9 heteroatoms. The number of fused-ring (bicyclic) bond motifs is 5. The Bertz CT molecular complexity index is 1350.